The van der Waals surface area contributed by atoms with Crippen molar-refractivity contribution in [1.29, 1.82) is 0 Å². The van der Waals surface area contributed by atoms with E-state index in [0.29, 0.717) is 11.5 Å². The van der Waals surface area contributed by atoms with Gasteiger partial charge in [0.25, 0.3) is 6.43 Å². The van der Waals surface area contributed by atoms with Gasteiger partial charge in [-0.15, -0.1) is 18.3 Å². The fourth-order valence-corrected chi connectivity index (χ4v) is 2.58. The minimum absolute atomic E-state index is 0.0540. The van der Waals surface area contributed by atoms with Gasteiger partial charge in [-0.25, -0.2) is 8.78 Å². The Labute approximate surface area is 140 Å². The van der Waals surface area contributed by atoms with Crippen LogP contribution in [-0.2, 0) is 0 Å². The fraction of sp³-hybridized carbons (Fsp3) is 0.182. The Morgan fingerprint density at radius 3 is 2.61 bits per heavy atom. The van der Waals surface area contributed by atoms with Crippen molar-refractivity contribution in [1.82, 2.24) is 9.59 Å². The molecule has 1 heterocycles. The Kier molecular flexibility index (Phi) is 5.32. The summed E-state index contributed by atoms with van der Waals surface area (Å²) in [6.07, 6.45) is -7.71. The molecule has 0 spiro atoms. The molecule has 0 aliphatic heterocycles. The average molecular weight is 390 g/mol. The predicted molar refractivity (Wildman–Crippen MR) is 78.3 cm³/mol. The number of benzene rings is 1. The van der Waals surface area contributed by atoms with E-state index in [2.05, 4.69) is 19.6 Å². The van der Waals surface area contributed by atoms with Crippen molar-refractivity contribution in [2.45, 2.75) is 12.8 Å². The number of thiocarbonyl (C=S) groups is 1. The van der Waals surface area contributed by atoms with Crippen LogP contribution in [0.25, 0.3) is 0 Å². The molecule has 0 radical (unpaired) electrons. The normalized spacial score (nSPS) is 11.6. The van der Waals surface area contributed by atoms with Crippen molar-refractivity contribution in [3.05, 3.63) is 33.8 Å². The highest BCUT2D eigenvalue weighted by Crippen LogP contribution is 2.31. The number of aromatic nitrogens is 2. The summed E-state index contributed by atoms with van der Waals surface area (Å²) < 4.78 is 68.8. The van der Waals surface area contributed by atoms with Crippen molar-refractivity contribution in [2.75, 3.05) is 5.32 Å². The Morgan fingerprint density at radius 2 is 2.04 bits per heavy atom. The molecule has 0 unspecified atom stereocenters. The quantitative estimate of drug-likeness (QED) is 0.600. The highest BCUT2D eigenvalue weighted by Gasteiger charge is 2.31. The number of ether oxygens (including phenoxy) is 1. The maximum atomic E-state index is 12.7. The number of hydrogen-bond acceptors (Lipinski definition) is 5. The number of nitrogens with zero attached hydrogens (tertiary/aromatic N) is 2. The number of halogens is 6. The minimum Gasteiger partial charge on any atom is -0.406 e. The van der Waals surface area contributed by atoms with Crippen LogP contribution < -0.4 is 10.1 Å². The van der Waals surface area contributed by atoms with E-state index in [0.717, 1.165) is 12.1 Å². The molecule has 0 amide bonds. The molecule has 1 aromatic carbocycles. The molecule has 0 saturated heterocycles. The molecule has 0 atom stereocenters. The Morgan fingerprint density at radius 1 is 1.35 bits per heavy atom. The van der Waals surface area contributed by atoms with Crippen molar-refractivity contribution < 1.29 is 26.7 Å². The van der Waals surface area contributed by atoms with Crippen molar-refractivity contribution in [3.8, 4) is 5.75 Å². The third kappa shape index (κ3) is 4.69. The maximum Gasteiger partial charge on any atom is 0.573 e. The van der Waals surface area contributed by atoms with E-state index in [1.165, 1.54) is 6.07 Å². The zero-order valence-electron chi connectivity index (χ0n) is 10.7. The molecule has 0 saturated carbocycles. The molecule has 0 fully saturated rings. The third-order valence-electron chi connectivity index (χ3n) is 2.35. The number of hydrogen-bond donors (Lipinski definition) is 1. The van der Waals surface area contributed by atoms with E-state index >= 15 is 0 Å². The van der Waals surface area contributed by atoms with Crippen LogP contribution in [-0.4, -0.2) is 20.9 Å². The molecular weight excluding hydrogens is 385 g/mol. The van der Waals surface area contributed by atoms with E-state index in [9.17, 15) is 22.0 Å². The summed E-state index contributed by atoms with van der Waals surface area (Å²) in [5, 5.41) is 5.69. The molecule has 1 N–H and O–H groups in total. The predicted octanol–water partition coefficient (Wildman–Crippen LogP) is 4.82. The Bertz CT molecular complexity index is 722. The second-order valence-corrected chi connectivity index (χ2v) is 5.50. The summed E-state index contributed by atoms with van der Waals surface area (Å²) in [6, 6.07) is 3.09. The highest BCUT2D eigenvalue weighted by atomic mass is 35.5. The summed E-state index contributed by atoms with van der Waals surface area (Å²) in [6.45, 7) is 0. The van der Waals surface area contributed by atoms with Crippen LogP contribution in [0.3, 0.4) is 0 Å². The van der Waals surface area contributed by atoms with E-state index in [1.54, 1.807) is 0 Å². The maximum absolute atomic E-state index is 12.7. The molecule has 12 heteroatoms. The summed E-state index contributed by atoms with van der Waals surface area (Å²) in [5.41, 5.74) is -0.458. The largest absolute Gasteiger partial charge is 0.573 e. The van der Waals surface area contributed by atoms with Crippen molar-refractivity contribution in [2.24, 2.45) is 0 Å². The van der Waals surface area contributed by atoms with E-state index in [-0.39, 0.29) is 20.6 Å². The molecule has 124 valence electrons. The van der Waals surface area contributed by atoms with Gasteiger partial charge in [0.15, 0.2) is 5.69 Å². The van der Waals surface area contributed by atoms with Gasteiger partial charge < -0.3 is 10.1 Å². The lowest BCUT2D eigenvalue weighted by Crippen LogP contribution is -2.17. The monoisotopic (exact) mass is 389 g/mol. The Balaban J connectivity index is 2.17. The van der Waals surface area contributed by atoms with E-state index in [4.69, 9.17) is 23.8 Å². The smallest absolute Gasteiger partial charge is 0.406 e. The summed E-state index contributed by atoms with van der Waals surface area (Å²) >= 11 is 11.4. The van der Waals surface area contributed by atoms with Gasteiger partial charge in [-0.05, 0) is 23.7 Å². The highest BCUT2D eigenvalue weighted by molar-refractivity contribution is 7.81. The van der Waals surface area contributed by atoms with Gasteiger partial charge in [0.2, 0.25) is 0 Å². The minimum atomic E-state index is -4.85. The first kappa shape index (κ1) is 17.8. The topological polar surface area (TPSA) is 47.0 Å². The second-order valence-electron chi connectivity index (χ2n) is 3.93. The summed E-state index contributed by atoms with van der Waals surface area (Å²) in [4.78, 5) is -0.177. The number of alkyl halides is 5. The van der Waals surface area contributed by atoms with Crippen LogP contribution in [0.15, 0.2) is 18.2 Å². The molecule has 1 aromatic heterocycles. The number of anilines is 1. The van der Waals surface area contributed by atoms with Gasteiger partial charge in [-0.3, -0.25) is 0 Å². The van der Waals surface area contributed by atoms with Gasteiger partial charge >= 0.3 is 6.36 Å². The van der Waals surface area contributed by atoms with Crippen LogP contribution in [0.5, 0.6) is 5.75 Å². The molecular formula is C11H5ClF5N3OS2. The number of nitrogens with one attached hydrogen (secondary N) is 1. The van der Waals surface area contributed by atoms with Gasteiger partial charge in [0.1, 0.15) is 15.6 Å². The van der Waals surface area contributed by atoms with E-state index in [1.807, 2.05) is 0 Å². The molecule has 2 rings (SSSR count). The van der Waals surface area contributed by atoms with Gasteiger partial charge in [0, 0.05) is 6.07 Å². The van der Waals surface area contributed by atoms with Gasteiger partial charge in [0.05, 0.1) is 10.7 Å². The first-order chi connectivity index (χ1) is 10.7. The average Bonchev–Trinajstić information content (AvgIpc) is 2.89. The molecule has 0 aliphatic carbocycles. The van der Waals surface area contributed by atoms with Crippen LogP contribution >= 0.6 is 35.4 Å². The lowest BCUT2D eigenvalue weighted by molar-refractivity contribution is -0.274. The SMILES string of the molecule is FC(F)c1nnsc1C(=S)Nc1ccc(OC(F)(F)F)cc1Cl. The first-order valence-corrected chi connectivity index (χ1v) is 7.20. The zero-order chi connectivity index (χ0) is 17.2. The van der Waals surface area contributed by atoms with Crippen LogP contribution in [0.1, 0.15) is 17.0 Å². The van der Waals surface area contributed by atoms with Gasteiger partial charge in [-0.1, -0.05) is 28.3 Å². The summed E-state index contributed by atoms with van der Waals surface area (Å²) in [5.74, 6) is -0.522. The van der Waals surface area contributed by atoms with Crippen molar-refractivity contribution in [3.63, 3.8) is 0 Å². The molecule has 0 aliphatic rings. The third-order valence-corrected chi connectivity index (χ3v) is 3.86. The molecule has 4 nitrogen and oxygen atoms in total. The molecule has 0 bridgehead atoms. The van der Waals surface area contributed by atoms with Gasteiger partial charge in [-0.2, -0.15) is 0 Å². The first-order valence-electron chi connectivity index (χ1n) is 5.64. The van der Waals surface area contributed by atoms with E-state index < -0.39 is 24.2 Å². The summed E-state index contributed by atoms with van der Waals surface area (Å²) in [7, 11) is 0. The lowest BCUT2D eigenvalue weighted by Gasteiger charge is -2.12. The standard InChI is InChI=1S/C11H5ClF5N3OS2/c12-5-3-4(21-11(15,16)17)1-2-6(5)18-10(22)8-7(9(13)14)19-20-23-8/h1-3,9H,(H,18,22). The fourth-order valence-electron chi connectivity index (χ4n) is 1.47. The van der Waals surface area contributed by atoms with Crippen LogP contribution in [0.4, 0.5) is 27.6 Å². The van der Waals surface area contributed by atoms with Crippen molar-refractivity contribution >= 4 is 46.0 Å². The lowest BCUT2D eigenvalue weighted by atomic mass is 10.3. The molecule has 23 heavy (non-hydrogen) atoms. The second kappa shape index (κ2) is 6.89. The number of rotatable bonds is 4. The zero-order valence-corrected chi connectivity index (χ0v) is 13.1. The molecule has 2 aromatic rings. The Hall–Kier alpha value is -1.59. The van der Waals surface area contributed by atoms with Crippen LogP contribution in [0.2, 0.25) is 5.02 Å². The van der Waals surface area contributed by atoms with Crippen LogP contribution in [0, 0.1) is 0 Å².